The third-order valence-electron chi connectivity index (χ3n) is 3.58. The van der Waals surface area contributed by atoms with Crippen molar-refractivity contribution in [1.29, 1.82) is 0 Å². The Bertz CT molecular complexity index is 543. The number of benzene rings is 1. The van der Waals surface area contributed by atoms with E-state index in [9.17, 15) is 20.2 Å². The van der Waals surface area contributed by atoms with Crippen molar-refractivity contribution in [2.24, 2.45) is 0 Å². The summed E-state index contributed by atoms with van der Waals surface area (Å²) in [7, 11) is 0. The molecule has 0 aromatic heterocycles. The van der Waals surface area contributed by atoms with Crippen LogP contribution in [0.25, 0.3) is 0 Å². The van der Waals surface area contributed by atoms with E-state index in [1.165, 1.54) is 12.1 Å². The molecule has 0 saturated carbocycles. The van der Waals surface area contributed by atoms with Gasteiger partial charge in [0.15, 0.2) is 0 Å². The number of ether oxygens (including phenoxy) is 1. The van der Waals surface area contributed by atoms with Crippen molar-refractivity contribution in [2.45, 2.75) is 38.3 Å². The van der Waals surface area contributed by atoms with Crippen molar-refractivity contribution in [3.05, 3.63) is 38.4 Å². The highest BCUT2D eigenvalue weighted by Crippen LogP contribution is 2.31. The zero-order chi connectivity index (χ0) is 15.4. The molecule has 0 radical (unpaired) electrons. The zero-order valence-electron chi connectivity index (χ0n) is 11.7. The Kier molecular flexibility index (Phi) is 4.69. The van der Waals surface area contributed by atoms with E-state index in [0.29, 0.717) is 6.61 Å². The molecule has 1 aromatic carbocycles. The summed E-state index contributed by atoms with van der Waals surface area (Å²) in [6.45, 7) is 2.67. The second kappa shape index (κ2) is 6.49. The van der Waals surface area contributed by atoms with Crippen LogP contribution in [0.1, 0.15) is 26.2 Å². The van der Waals surface area contributed by atoms with Crippen LogP contribution in [-0.2, 0) is 4.74 Å². The van der Waals surface area contributed by atoms with Gasteiger partial charge in [0.2, 0.25) is 0 Å². The summed E-state index contributed by atoms with van der Waals surface area (Å²) in [5.74, 6) is 0. The lowest BCUT2D eigenvalue weighted by Gasteiger charge is -2.23. The van der Waals surface area contributed by atoms with Gasteiger partial charge in [0.05, 0.1) is 28.1 Å². The minimum Gasteiger partial charge on any atom is -0.376 e. The van der Waals surface area contributed by atoms with Crippen LogP contribution in [0.15, 0.2) is 18.2 Å². The van der Waals surface area contributed by atoms with Gasteiger partial charge in [-0.1, -0.05) is 6.92 Å². The predicted molar refractivity (Wildman–Crippen MR) is 76.4 cm³/mol. The van der Waals surface area contributed by atoms with Crippen LogP contribution in [-0.4, -0.2) is 28.6 Å². The van der Waals surface area contributed by atoms with E-state index < -0.39 is 9.85 Å². The minimum absolute atomic E-state index is 0.0183. The largest absolute Gasteiger partial charge is 0.376 e. The third kappa shape index (κ3) is 3.46. The maximum Gasteiger partial charge on any atom is 0.299 e. The van der Waals surface area contributed by atoms with Gasteiger partial charge in [-0.25, -0.2) is 0 Å². The third-order valence-corrected chi connectivity index (χ3v) is 3.58. The fraction of sp³-hybridized carbons (Fsp3) is 0.538. The molecule has 8 nitrogen and oxygen atoms in total. The standard InChI is InChI=1S/C13H17N3O5/c1-2-10(13-4-3-7-21-13)14-11-6-5-9(15(17)18)8-12(11)16(19)20/h5-6,8,10,13-14H,2-4,7H2,1H3. The molecule has 114 valence electrons. The number of hydrogen-bond donors (Lipinski definition) is 1. The van der Waals surface area contributed by atoms with Crippen LogP contribution < -0.4 is 5.32 Å². The molecular weight excluding hydrogens is 278 g/mol. The summed E-state index contributed by atoms with van der Waals surface area (Å²) >= 11 is 0. The fourth-order valence-corrected chi connectivity index (χ4v) is 2.48. The maximum atomic E-state index is 11.1. The Hall–Kier alpha value is -2.22. The summed E-state index contributed by atoms with van der Waals surface area (Å²) in [6, 6.07) is 3.57. The number of non-ortho nitro benzene ring substituents is 1. The molecule has 1 heterocycles. The topological polar surface area (TPSA) is 108 Å². The molecule has 2 unspecified atom stereocenters. The second-order valence-electron chi connectivity index (χ2n) is 4.93. The van der Waals surface area contributed by atoms with Gasteiger partial charge in [0.1, 0.15) is 5.69 Å². The van der Waals surface area contributed by atoms with Crippen molar-refractivity contribution < 1.29 is 14.6 Å². The molecule has 1 aliphatic rings. The molecule has 0 amide bonds. The number of rotatable bonds is 6. The molecule has 21 heavy (non-hydrogen) atoms. The van der Waals surface area contributed by atoms with Crippen molar-refractivity contribution in [1.82, 2.24) is 0 Å². The monoisotopic (exact) mass is 295 g/mol. The van der Waals surface area contributed by atoms with E-state index in [2.05, 4.69) is 5.32 Å². The molecule has 0 bridgehead atoms. The molecule has 0 aliphatic carbocycles. The van der Waals surface area contributed by atoms with E-state index in [1.54, 1.807) is 0 Å². The molecule has 2 atom stereocenters. The highest BCUT2D eigenvalue weighted by molar-refractivity contribution is 5.65. The SMILES string of the molecule is CCC(Nc1ccc([N+](=O)[O-])cc1[N+](=O)[O-])C1CCCO1. The lowest BCUT2D eigenvalue weighted by atomic mass is 10.0. The molecular formula is C13H17N3O5. The first-order valence-electron chi connectivity index (χ1n) is 6.84. The number of nitrogens with one attached hydrogen (secondary N) is 1. The van der Waals surface area contributed by atoms with Crippen LogP contribution >= 0.6 is 0 Å². The van der Waals surface area contributed by atoms with Gasteiger partial charge in [0.25, 0.3) is 11.4 Å². The quantitative estimate of drug-likeness (QED) is 0.638. The molecule has 2 rings (SSSR count). The van der Waals surface area contributed by atoms with E-state index in [0.717, 1.165) is 25.3 Å². The van der Waals surface area contributed by atoms with E-state index in [4.69, 9.17) is 4.74 Å². The lowest BCUT2D eigenvalue weighted by molar-refractivity contribution is -0.393. The fourth-order valence-electron chi connectivity index (χ4n) is 2.48. The number of anilines is 1. The Balaban J connectivity index is 2.25. The Morgan fingerprint density at radius 3 is 2.67 bits per heavy atom. The molecule has 8 heteroatoms. The lowest BCUT2D eigenvalue weighted by Crippen LogP contribution is -2.32. The zero-order valence-corrected chi connectivity index (χ0v) is 11.7. The number of hydrogen-bond acceptors (Lipinski definition) is 6. The van der Waals surface area contributed by atoms with E-state index in [1.807, 2.05) is 6.92 Å². The van der Waals surface area contributed by atoms with Gasteiger partial charge in [-0.3, -0.25) is 20.2 Å². The first-order valence-corrected chi connectivity index (χ1v) is 6.84. The first-order chi connectivity index (χ1) is 10.0. The summed E-state index contributed by atoms with van der Waals surface area (Å²) in [5.41, 5.74) is -0.300. The minimum atomic E-state index is -0.645. The summed E-state index contributed by atoms with van der Waals surface area (Å²) in [6.07, 6.45) is 2.65. The molecule has 1 fully saturated rings. The summed E-state index contributed by atoms with van der Waals surface area (Å²) < 4.78 is 5.60. The van der Waals surface area contributed by atoms with Gasteiger partial charge in [-0.05, 0) is 25.3 Å². The summed E-state index contributed by atoms with van der Waals surface area (Å²) in [5, 5.41) is 24.9. The highest BCUT2D eigenvalue weighted by atomic mass is 16.6. The second-order valence-corrected chi connectivity index (χ2v) is 4.93. The Morgan fingerprint density at radius 2 is 2.14 bits per heavy atom. The molecule has 1 saturated heterocycles. The van der Waals surface area contributed by atoms with Crippen molar-refractivity contribution in [2.75, 3.05) is 11.9 Å². The first kappa shape index (κ1) is 15.2. The summed E-state index contributed by atoms with van der Waals surface area (Å²) in [4.78, 5) is 20.6. The average Bonchev–Trinajstić information content (AvgIpc) is 2.98. The van der Waals surface area contributed by atoms with Crippen LogP contribution in [0.5, 0.6) is 0 Å². The Labute approximate surface area is 121 Å². The molecule has 1 aromatic rings. The van der Waals surface area contributed by atoms with Crippen LogP contribution in [0.3, 0.4) is 0 Å². The van der Waals surface area contributed by atoms with Crippen molar-refractivity contribution in [3.8, 4) is 0 Å². The van der Waals surface area contributed by atoms with Gasteiger partial charge >= 0.3 is 0 Å². The van der Waals surface area contributed by atoms with Crippen molar-refractivity contribution >= 4 is 17.1 Å². The molecule has 0 spiro atoms. The molecule has 1 N–H and O–H groups in total. The normalized spacial score (nSPS) is 19.2. The van der Waals surface area contributed by atoms with E-state index in [-0.39, 0.29) is 29.2 Å². The number of nitro benzene ring substituents is 2. The smallest absolute Gasteiger partial charge is 0.299 e. The maximum absolute atomic E-state index is 11.1. The highest BCUT2D eigenvalue weighted by Gasteiger charge is 2.27. The van der Waals surface area contributed by atoms with Gasteiger partial charge in [0, 0.05) is 12.7 Å². The van der Waals surface area contributed by atoms with E-state index >= 15 is 0 Å². The number of nitro groups is 2. The average molecular weight is 295 g/mol. The van der Waals surface area contributed by atoms with Gasteiger partial charge in [-0.2, -0.15) is 0 Å². The van der Waals surface area contributed by atoms with Gasteiger partial charge in [-0.15, -0.1) is 0 Å². The predicted octanol–water partition coefficient (Wildman–Crippen LogP) is 2.87. The van der Waals surface area contributed by atoms with Crippen molar-refractivity contribution in [3.63, 3.8) is 0 Å². The van der Waals surface area contributed by atoms with Crippen LogP contribution in [0, 0.1) is 20.2 Å². The number of nitrogens with zero attached hydrogens (tertiary/aromatic N) is 2. The van der Waals surface area contributed by atoms with Crippen LogP contribution in [0.2, 0.25) is 0 Å². The van der Waals surface area contributed by atoms with Crippen LogP contribution in [0.4, 0.5) is 17.1 Å². The molecule has 1 aliphatic heterocycles. The van der Waals surface area contributed by atoms with Gasteiger partial charge < -0.3 is 10.1 Å². The Morgan fingerprint density at radius 1 is 1.38 bits per heavy atom.